The molecule has 1 rings (SSSR count). The van der Waals surface area contributed by atoms with E-state index in [1.54, 1.807) is 18.2 Å². The number of hydrogen-bond acceptors (Lipinski definition) is 3. The van der Waals surface area contributed by atoms with Gasteiger partial charge in [0.1, 0.15) is 0 Å². The Morgan fingerprint density at radius 1 is 1.28 bits per heavy atom. The van der Waals surface area contributed by atoms with E-state index in [0.29, 0.717) is 11.3 Å². The second-order valence-electron chi connectivity index (χ2n) is 4.20. The zero-order valence-electron chi connectivity index (χ0n) is 10.3. The lowest BCUT2D eigenvalue weighted by Gasteiger charge is -2.15. The van der Waals surface area contributed by atoms with Gasteiger partial charge in [0.25, 0.3) is 0 Å². The standard InChI is InChI=1S/C12H17N3O2.ClH/c1-7(2)10(13)12(17)15-9-5-3-4-8(6-9)11(14)16;/h3-7,10H,13H2,1-2H3,(H2,14,16)(H,15,17);1H. The van der Waals surface area contributed by atoms with Crippen molar-refractivity contribution in [1.29, 1.82) is 0 Å². The Balaban J connectivity index is 0.00000289. The number of hydrogen-bond donors (Lipinski definition) is 3. The van der Waals surface area contributed by atoms with Gasteiger partial charge in [0, 0.05) is 11.3 Å². The van der Waals surface area contributed by atoms with Crippen LogP contribution in [-0.4, -0.2) is 17.9 Å². The van der Waals surface area contributed by atoms with Gasteiger partial charge in [-0.25, -0.2) is 0 Å². The molecular formula is C12H18ClN3O2. The molecule has 0 radical (unpaired) electrons. The summed E-state index contributed by atoms with van der Waals surface area (Å²) in [6.45, 7) is 3.73. The molecule has 5 N–H and O–H groups in total. The first-order chi connectivity index (χ1) is 7.91. The molecule has 0 heterocycles. The van der Waals surface area contributed by atoms with Gasteiger partial charge in [-0.05, 0) is 24.1 Å². The minimum Gasteiger partial charge on any atom is -0.366 e. The summed E-state index contributed by atoms with van der Waals surface area (Å²) in [5.41, 5.74) is 11.7. The van der Waals surface area contributed by atoms with Crippen molar-refractivity contribution >= 4 is 29.9 Å². The van der Waals surface area contributed by atoms with Gasteiger partial charge >= 0.3 is 0 Å². The maximum atomic E-state index is 11.7. The Kier molecular flexibility index (Phi) is 6.36. The molecule has 1 aromatic rings. The summed E-state index contributed by atoms with van der Waals surface area (Å²) in [5, 5.41) is 2.65. The van der Waals surface area contributed by atoms with Gasteiger partial charge in [0.05, 0.1) is 6.04 Å². The molecule has 0 saturated heterocycles. The van der Waals surface area contributed by atoms with Crippen molar-refractivity contribution < 1.29 is 9.59 Å². The van der Waals surface area contributed by atoms with Gasteiger partial charge in [0.15, 0.2) is 0 Å². The van der Waals surface area contributed by atoms with Gasteiger partial charge in [0.2, 0.25) is 11.8 Å². The molecule has 0 fully saturated rings. The van der Waals surface area contributed by atoms with E-state index in [-0.39, 0.29) is 24.2 Å². The second-order valence-corrected chi connectivity index (χ2v) is 4.20. The fourth-order valence-corrected chi connectivity index (χ4v) is 1.28. The normalized spacial score (nSPS) is 11.6. The Bertz CT molecular complexity index is 435. The van der Waals surface area contributed by atoms with E-state index in [4.69, 9.17) is 11.5 Å². The summed E-state index contributed by atoms with van der Waals surface area (Å²) in [4.78, 5) is 22.6. The monoisotopic (exact) mass is 271 g/mol. The summed E-state index contributed by atoms with van der Waals surface area (Å²) in [7, 11) is 0. The third kappa shape index (κ3) is 4.35. The first-order valence-corrected chi connectivity index (χ1v) is 5.38. The average Bonchev–Trinajstić information content (AvgIpc) is 2.28. The van der Waals surface area contributed by atoms with Crippen molar-refractivity contribution in [2.75, 3.05) is 5.32 Å². The predicted molar refractivity (Wildman–Crippen MR) is 73.7 cm³/mol. The smallest absolute Gasteiger partial charge is 0.248 e. The lowest BCUT2D eigenvalue weighted by atomic mass is 10.0. The Morgan fingerprint density at radius 3 is 2.39 bits per heavy atom. The topological polar surface area (TPSA) is 98.2 Å². The minimum absolute atomic E-state index is 0. The van der Waals surface area contributed by atoms with E-state index >= 15 is 0 Å². The number of rotatable bonds is 4. The zero-order valence-corrected chi connectivity index (χ0v) is 11.2. The second kappa shape index (κ2) is 6.98. The van der Waals surface area contributed by atoms with E-state index in [0.717, 1.165) is 0 Å². The Labute approximate surface area is 112 Å². The van der Waals surface area contributed by atoms with Gasteiger partial charge in [-0.1, -0.05) is 19.9 Å². The average molecular weight is 272 g/mol. The van der Waals surface area contributed by atoms with Crippen LogP contribution in [0.25, 0.3) is 0 Å². The van der Waals surface area contributed by atoms with Crippen LogP contribution < -0.4 is 16.8 Å². The number of nitrogens with one attached hydrogen (secondary N) is 1. The van der Waals surface area contributed by atoms with E-state index in [1.165, 1.54) is 6.07 Å². The molecule has 6 heteroatoms. The van der Waals surface area contributed by atoms with Gasteiger partial charge < -0.3 is 16.8 Å². The third-order valence-electron chi connectivity index (χ3n) is 2.44. The quantitative estimate of drug-likeness (QED) is 0.765. The molecule has 0 bridgehead atoms. The molecule has 100 valence electrons. The van der Waals surface area contributed by atoms with Crippen molar-refractivity contribution in [3.63, 3.8) is 0 Å². The molecule has 0 saturated carbocycles. The van der Waals surface area contributed by atoms with Crippen LogP contribution in [0.1, 0.15) is 24.2 Å². The summed E-state index contributed by atoms with van der Waals surface area (Å²) in [6.07, 6.45) is 0. The summed E-state index contributed by atoms with van der Waals surface area (Å²) in [5.74, 6) is -0.759. The van der Waals surface area contributed by atoms with Crippen LogP contribution in [0, 0.1) is 5.92 Å². The van der Waals surface area contributed by atoms with Gasteiger partial charge in [-0.15, -0.1) is 12.4 Å². The predicted octanol–water partition coefficient (Wildman–Crippen LogP) is 1.13. The first kappa shape index (κ1) is 16.4. The Morgan fingerprint density at radius 2 is 1.89 bits per heavy atom. The van der Waals surface area contributed by atoms with Crippen LogP contribution in [0.5, 0.6) is 0 Å². The largest absolute Gasteiger partial charge is 0.366 e. The van der Waals surface area contributed by atoms with Crippen LogP contribution in [0.2, 0.25) is 0 Å². The molecule has 1 aromatic carbocycles. The molecule has 1 unspecified atom stereocenters. The number of amides is 2. The number of carbonyl (C=O) groups is 2. The highest BCUT2D eigenvalue weighted by molar-refractivity contribution is 5.97. The number of carbonyl (C=O) groups excluding carboxylic acids is 2. The van der Waals surface area contributed by atoms with Crippen LogP contribution in [-0.2, 0) is 4.79 Å². The highest BCUT2D eigenvalue weighted by Gasteiger charge is 2.17. The molecule has 0 aliphatic carbocycles. The zero-order chi connectivity index (χ0) is 13.0. The molecule has 18 heavy (non-hydrogen) atoms. The lowest BCUT2D eigenvalue weighted by Crippen LogP contribution is -2.39. The molecule has 0 spiro atoms. The molecule has 0 aliphatic rings. The third-order valence-corrected chi connectivity index (χ3v) is 2.44. The van der Waals surface area contributed by atoms with E-state index in [9.17, 15) is 9.59 Å². The fraction of sp³-hybridized carbons (Fsp3) is 0.333. The summed E-state index contributed by atoms with van der Waals surface area (Å²) in [6, 6.07) is 5.86. The SMILES string of the molecule is CC(C)C(N)C(=O)Nc1cccc(C(N)=O)c1.Cl. The number of halogens is 1. The molecule has 2 amide bonds. The minimum atomic E-state index is -0.577. The highest BCUT2D eigenvalue weighted by Crippen LogP contribution is 2.11. The first-order valence-electron chi connectivity index (χ1n) is 5.38. The summed E-state index contributed by atoms with van der Waals surface area (Å²) < 4.78 is 0. The maximum absolute atomic E-state index is 11.7. The van der Waals surface area contributed by atoms with Crippen molar-refractivity contribution in [3.8, 4) is 0 Å². The van der Waals surface area contributed by atoms with Gasteiger partial charge in [-0.3, -0.25) is 9.59 Å². The number of primary amides is 1. The number of nitrogens with two attached hydrogens (primary N) is 2. The van der Waals surface area contributed by atoms with Gasteiger partial charge in [-0.2, -0.15) is 0 Å². The molecular weight excluding hydrogens is 254 g/mol. The molecule has 1 atom stereocenters. The lowest BCUT2D eigenvalue weighted by molar-refractivity contribution is -0.118. The van der Waals surface area contributed by atoms with E-state index in [2.05, 4.69) is 5.32 Å². The van der Waals surface area contributed by atoms with E-state index in [1.807, 2.05) is 13.8 Å². The summed E-state index contributed by atoms with van der Waals surface area (Å²) >= 11 is 0. The van der Waals surface area contributed by atoms with Crippen LogP contribution in [0.3, 0.4) is 0 Å². The van der Waals surface area contributed by atoms with Crippen molar-refractivity contribution in [3.05, 3.63) is 29.8 Å². The maximum Gasteiger partial charge on any atom is 0.248 e. The number of anilines is 1. The Hall–Kier alpha value is -1.59. The van der Waals surface area contributed by atoms with E-state index < -0.39 is 11.9 Å². The number of benzene rings is 1. The molecule has 0 aromatic heterocycles. The van der Waals surface area contributed by atoms with Crippen molar-refractivity contribution in [2.24, 2.45) is 17.4 Å². The fourth-order valence-electron chi connectivity index (χ4n) is 1.28. The highest BCUT2D eigenvalue weighted by atomic mass is 35.5. The van der Waals surface area contributed by atoms with Crippen molar-refractivity contribution in [1.82, 2.24) is 0 Å². The van der Waals surface area contributed by atoms with Crippen LogP contribution in [0.15, 0.2) is 24.3 Å². The van der Waals surface area contributed by atoms with Crippen molar-refractivity contribution in [2.45, 2.75) is 19.9 Å². The van der Waals surface area contributed by atoms with Crippen LogP contribution in [0.4, 0.5) is 5.69 Å². The van der Waals surface area contributed by atoms with Crippen LogP contribution >= 0.6 is 12.4 Å². The molecule has 5 nitrogen and oxygen atoms in total. The molecule has 0 aliphatic heterocycles.